The number of rotatable bonds is 5. The fourth-order valence-electron chi connectivity index (χ4n) is 3.53. The second-order valence-corrected chi connectivity index (χ2v) is 7.26. The standard InChI is InChI=1S/C21H26N6/c1-17(2)27-16-22-14-19(27)15-25-10-12-26(13-11-25)21-23-9-8-20(24-21)18-6-4-3-5-7-18/h3-9,14,16-17H,10-13,15H2,1-2H3. The molecule has 140 valence electrons. The zero-order chi connectivity index (χ0) is 18.6. The SMILES string of the molecule is CC(C)n1cncc1CN1CCN(c2nccc(-c3ccccc3)n2)CC1. The second-order valence-electron chi connectivity index (χ2n) is 7.26. The van der Waals surface area contributed by atoms with Gasteiger partial charge in [-0.2, -0.15) is 0 Å². The van der Waals surface area contributed by atoms with E-state index in [4.69, 9.17) is 4.98 Å². The Balaban J connectivity index is 1.40. The third-order valence-corrected chi connectivity index (χ3v) is 5.06. The van der Waals surface area contributed by atoms with Gasteiger partial charge in [-0.3, -0.25) is 4.90 Å². The first-order chi connectivity index (χ1) is 13.2. The molecule has 1 aliphatic rings. The summed E-state index contributed by atoms with van der Waals surface area (Å²) in [6, 6.07) is 12.7. The van der Waals surface area contributed by atoms with Gasteiger partial charge in [0.25, 0.3) is 0 Å². The zero-order valence-electron chi connectivity index (χ0n) is 16.0. The molecule has 0 amide bonds. The first-order valence-corrected chi connectivity index (χ1v) is 9.57. The lowest BCUT2D eigenvalue weighted by atomic mass is 10.1. The van der Waals surface area contributed by atoms with E-state index in [1.165, 1.54) is 5.69 Å². The predicted octanol–water partition coefficient (Wildman–Crippen LogP) is 3.24. The average Bonchev–Trinajstić information content (AvgIpc) is 3.18. The van der Waals surface area contributed by atoms with Crippen molar-refractivity contribution in [1.29, 1.82) is 0 Å². The van der Waals surface area contributed by atoms with Crippen LogP contribution in [-0.2, 0) is 6.54 Å². The summed E-state index contributed by atoms with van der Waals surface area (Å²) in [5.41, 5.74) is 3.38. The van der Waals surface area contributed by atoms with Crippen molar-refractivity contribution in [3.05, 3.63) is 60.8 Å². The maximum Gasteiger partial charge on any atom is 0.225 e. The highest BCUT2D eigenvalue weighted by Gasteiger charge is 2.20. The molecule has 1 saturated heterocycles. The average molecular weight is 362 g/mol. The van der Waals surface area contributed by atoms with Gasteiger partial charge in [0.1, 0.15) is 0 Å². The van der Waals surface area contributed by atoms with Crippen LogP contribution in [0.3, 0.4) is 0 Å². The van der Waals surface area contributed by atoms with Crippen LogP contribution >= 0.6 is 0 Å². The van der Waals surface area contributed by atoms with Gasteiger partial charge >= 0.3 is 0 Å². The first kappa shape index (κ1) is 17.7. The number of benzene rings is 1. The Hall–Kier alpha value is -2.73. The molecule has 0 aliphatic carbocycles. The van der Waals surface area contributed by atoms with Crippen LogP contribution in [0.1, 0.15) is 25.6 Å². The van der Waals surface area contributed by atoms with Crippen LogP contribution in [0.15, 0.2) is 55.1 Å². The molecule has 0 N–H and O–H groups in total. The van der Waals surface area contributed by atoms with Crippen LogP contribution in [0, 0.1) is 0 Å². The van der Waals surface area contributed by atoms with E-state index in [1.807, 2.05) is 43.0 Å². The molecule has 3 heterocycles. The Bertz CT molecular complexity index is 865. The number of anilines is 1. The molecule has 0 atom stereocenters. The van der Waals surface area contributed by atoms with Crippen LogP contribution in [0.4, 0.5) is 5.95 Å². The molecule has 4 rings (SSSR count). The largest absolute Gasteiger partial charge is 0.338 e. The van der Waals surface area contributed by atoms with Crippen molar-refractivity contribution in [2.24, 2.45) is 0 Å². The van der Waals surface area contributed by atoms with Crippen molar-refractivity contribution in [3.63, 3.8) is 0 Å². The maximum absolute atomic E-state index is 4.79. The lowest BCUT2D eigenvalue weighted by molar-refractivity contribution is 0.241. The molecule has 0 saturated carbocycles. The van der Waals surface area contributed by atoms with Crippen LogP contribution in [0.5, 0.6) is 0 Å². The summed E-state index contributed by atoms with van der Waals surface area (Å²) in [6.45, 7) is 9.21. The molecule has 0 spiro atoms. The number of hydrogen-bond acceptors (Lipinski definition) is 5. The summed E-state index contributed by atoms with van der Waals surface area (Å²) in [7, 11) is 0. The zero-order valence-corrected chi connectivity index (χ0v) is 16.0. The first-order valence-electron chi connectivity index (χ1n) is 9.57. The Labute approximate surface area is 160 Å². The molecule has 3 aromatic rings. The second kappa shape index (κ2) is 7.88. The van der Waals surface area contributed by atoms with Crippen molar-refractivity contribution in [2.45, 2.75) is 26.4 Å². The maximum atomic E-state index is 4.79. The lowest BCUT2D eigenvalue weighted by Crippen LogP contribution is -2.46. The van der Waals surface area contributed by atoms with E-state index in [1.54, 1.807) is 0 Å². The third-order valence-electron chi connectivity index (χ3n) is 5.06. The summed E-state index contributed by atoms with van der Waals surface area (Å²) in [6.07, 6.45) is 5.77. The Morgan fingerprint density at radius 3 is 2.52 bits per heavy atom. The minimum atomic E-state index is 0.443. The van der Waals surface area contributed by atoms with Crippen LogP contribution in [0.2, 0.25) is 0 Å². The normalized spacial score (nSPS) is 15.4. The van der Waals surface area contributed by atoms with Gasteiger partial charge in [-0.25, -0.2) is 15.0 Å². The molecule has 6 nitrogen and oxygen atoms in total. The number of nitrogens with zero attached hydrogens (tertiary/aromatic N) is 6. The summed E-state index contributed by atoms with van der Waals surface area (Å²) in [4.78, 5) is 18.4. The van der Waals surface area contributed by atoms with Gasteiger partial charge in [-0.15, -0.1) is 0 Å². The monoisotopic (exact) mass is 362 g/mol. The molecule has 27 heavy (non-hydrogen) atoms. The van der Waals surface area contributed by atoms with Gasteiger partial charge in [0, 0.05) is 56.7 Å². The van der Waals surface area contributed by atoms with E-state index in [9.17, 15) is 0 Å². The summed E-state index contributed by atoms with van der Waals surface area (Å²) < 4.78 is 2.25. The van der Waals surface area contributed by atoms with Gasteiger partial charge in [-0.05, 0) is 19.9 Å². The van der Waals surface area contributed by atoms with Crippen LogP contribution in [0.25, 0.3) is 11.3 Å². The van der Waals surface area contributed by atoms with Gasteiger partial charge in [0.15, 0.2) is 0 Å². The van der Waals surface area contributed by atoms with Gasteiger partial charge in [0.05, 0.1) is 17.7 Å². The topological polar surface area (TPSA) is 50.1 Å². The molecule has 6 heteroatoms. The van der Waals surface area contributed by atoms with E-state index < -0.39 is 0 Å². The molecular formula is C21H26N6. The van der Waals surface area contributed by atoms with Gasteiger partial charge in [-0.1, -0.05) is 30.3 Å². The Morgan fingerprint density at radius 2 is 1.78 bits per heavy atom. The Morgan fingerprint density at radius 1 is 1.00 bits per heavy atom. The number of hydrogen-bond donors (Lipinski definition) is 0. The predicted molar refractivity (Wildman–Crippen MR) is 108 cm³/mol. The van der Waals surface area contributed by atoms with E-state index >= 15 is 0 Å². The molecule has 2 aromatic heterocycles. The fourth-order valence-corrected chi connectivity index (χ4v) is 3.53. The molecule has 1 fully saturated rings. The molecule has 1 aromatic carbocycles. The van der Waals surface area contributed by atoms with E-state index in [-0.39, 0.29) is 0 Å². The lowest BCUT2D eigenvalue weighted by Gasteiger charge is -2.35. The van der Waals surface area contributed by atoms with Crippen molar-refractivity contribution in [3.8, 4) is 11.3 Å². The smallest absolute Gasteiger partial charge is 0.225 e. The van der Waals surface area contributed by atoms with E-state index in [0.717, 1.165) is 49.9 Å². The molecule has 0 radical (unpaired) electrons. The minimum Gasteiger partial charge on any atom is -0.338 e. The highest BCUT2D eigenvalue weighted by Crippen LogP contribution is 2.20. The quantitative estimate of drug-likeness (QED) is 0.697. The molecular weight excluding hydrogens is 336 g/mol. The van der Waals surface area contributed by atoms with E-state index in [0.29, 0.717) is 6.04 Å². The van der Waals surface area contributed by atoms with E-state index in [2.05, 4.69) is 50.3 Å². The fraction of sp³-hybridized carbons (Fsp3) is 0.381. The molecule has 0 bridgehead atoms. The summed E-state index contributed by atoms with van der Waals surface area (Å²) in [5.74, 6) is 0.822. The molecule has 0 unspecified atom stereocenters. The summed E-state index contributed by atoms with van der Waals surface area (Å²) in [5, 5.41) is 0. The van der Waals surface area contributed by atoms with Crippen molar-refractivity contribution in [2.75, 3.05) is 31.1 Å². The van der Waals surface area contributed by atoms with Crippen molar-refractivity contribution in [1.82, 2.24) is 24.4 Å². The Kier molecular flexibility index (Phi) is 5.16. The molecule has 1 aliphatic heterocycles. The van der Waals surface area contributed by atoms with Crippen molar-refractivity contribution >= 4 is 5.95 Å². The number of imidazole rings is 1. The van der Waals surface area contributed by atoms with Gasteiger partial charge < -0.3 is 9.47 Å². The minimum absolute atomic E-state index is 0.443. The third kappa shape index (κ3) is 4.01. The van der Waals surface area contributed by atoms with Crippen LogP contribution in [-0.4, -0.2) is 50.6 Å². The highest BCUT2D eigenvalue weighted by molar-refractivity contribution is 5.59. The van der Waals surface area contributed by atoms with Crippen LogP contribution < -0.4 is 4.90 Å². The summed E-state index contributed by atoms with van der Waals surface area (Å²) >= 11 is 0. The van der Waals surface area contributed by atoms with Crippen molar-refractivity contribution < 1.29 is 0 Å². The van der Waals surface area contributed by atoms with Gasteiger partial charge in [0.2, 0.25) is 5.95 Å². The number of aromatic nitrogens is 4. The highest BCUT2D eigenvalue weighted by atomic mass is 15.3. The number of piperazine rings is 1.